The fourth-order valence-corrected chi connectivity index (χ4v) is 3.41. The average Bonchev–Trinajstić information content (AvgIpc) is 3.13. The lowest BCUT2D eigenvalue weighted by atomic mass is 9.57. The zero-order valence-electron chi connectivity index (χ0n) is 14.8. The molecule has 0 amide bonds. The molecule has 1 N–H and O–H groups in total. The van der Waals surface area contributed by atoms with Crippen molar-refractivity contribution in [1.82, 2.24) is 25.3 Å². The van der Waals surface area contributed by atoms with Crippen LogP contribution in [-0.4, -0.2) is 52.5 Å². The van der Waals surface area contributed by atoms with Crippen molar-refractivity contribution in [2.75, 3.05) is 22.8 Å². The van der Waals surface area contributed by atoms with E-state index in [0.717, 1.165) is 13.2 Å². The standard InChI is InChI=1S/C15H25B2N7/c1-4-5-9-12-24-16(2)22(14-10-7-6-8-11-14)13-23(17(24)3)15-18-20-21-19-15/h6-8,10-11H,4-5,9,12-13H2,1-3H3,(H,18,19,20,21). The highest BCUT2D eigenvalue weighted by Crippen LogP contribution is 2.25. The highest BCUT2D eigenvalue weighted by atomic mass is 15.5. The quantitative estimate of drug-likeness (QED) is 0.649. The van der Waals surface area contributed by atoms with Gasteiger partial charge in [-0.1, -0.05) is 56.7 Å². The van der Waals surface area contributed by atoms with Gasteiger partial charge in [0.25, 0.3) is 5.95 Å². The Morgan fingerprint density at radius 2 is 1.83 bits per heavy atom. The number of tetrazole rings is 1. The van der Waals surface area contributed by atoms with Crippen molar-refractivity contribution in [3.63, 3.8) is 0 Å². The summed E-state index contributed by atoms with van der Waals surface area (Å²) in [6, 6.07) is 10.5. The third-order valence-corrected chi connectivity index (χ3v) is 4.87. The lowest BCUT2D eigenvalue weighted by molar-refractivity contribution is 0.554. The molecule has 0 aliphatic carbocycles. The molecule has 1 aliphatic rings. The number of nitrogens with one attached hydrogen (secondary N) is 1. The van der Waals surface area contributed by atoms with E-state index in [0.29, 0.717) is 12.9 Å². The molecular weight excluding hydrogens is 300 g/mol. The summed E-state index contributed by atoms with van der Waals surface area (Å²) >= 11 is 0. The molecule has 1 fully saturated rings. The minimum atomic E-state index is 0.231. The van der Waals surface area contributed by atoms with E-state index in [9.17, 15) is 0 Å². The fraction of sp³-hybridized carbons (Fsp3) is 0.533. The van der Waals surface area contributed by atoms with Crippen LogP contribution in [-0.2, 0) is 0 Å². The number of anilines is 2. The number of hydrogen-bond donors (Lipinski definition) is 1. The molecule has 1 aromatic carbocycles. The Bertz CT molecular complexity index is 610. The molecule has 0 saturated carbocycles. The molecule has 24 heavy (non-hydrogen) atoms. The van der Waals surface area contributed by atoms with Crippen molar-refractivity contribution in [3.05, 3.63) is 30.3 Å². The molecule has 0 bridgehead atoms. The second kappa shape index (κ2) is 7.70. The Morgan fingerprint density at radius 3 is 2.50 bits per heavy atom. The molecule has 9 heteroatoms. The van der Waals surface area contributed by atoms with Gasteiger partial charge in [-0.25, -0.2) is 0 Å². The Hall–Kier alpha value is -2.02. The number of unbranched alkanes of at least 4 members (excludes halogenated alkanes) is 2. The summed E-state index contributed by atoms with van der Waals surface area (Å²) in [5.41, 5.74) is 1.21. The van der Waals surface area contributed by atoms with Crippen LogP contribution in [0.2, 0.25) is 13.6 Å². The van der Waals surface area contributed by atoms with Gasteiger partial charge in [0.2, 0.25) is 0 Å². The predicted octanol–water partition coefficient (Wildman–Crippen LogP) is 2.21. The predicted molar refractivity (Wildman–Crippen MR) is 99.9 cm³/mol. The topological polar surface area (TPSA) is 64.2 Å². The minimum absolute atomic E-state index is 0.231. The van der Waals surface area contributed by atoms with Crippen molar-refractivity contribution in [1.29, 1.82) is 0 Å². The van der Waals surface area contributed by atoms with E-state index >= 15 is 0 Å². The van der Waals surface area contributed by atoms with Crippen molar-refractivity contribution < 1.29 is 0 Å². The molecule has 126 valence electrons. The van der Waals surface area contributed by atoms with Gasteiger partial charge < -0.3 is 14.3 Å². The van der Waals surface area contributed by atoms with Gasteiger partial charge in [0.1, 0.15) is 0 Å². The van der Waals surface area contributed by atoms with Crippen LogP contribution in [0.3, 0.4) is 0 Å². The molecular formula is C15H25B2N7. The number of H-pyrrole nitrogens is 1. The van der Waals surface area contributed by atoms with Crippen molar-refractivity contribution in [2.45, 2.75) is 39.8 Å². The summed E-state index contributed by atoms with van der Waals surface area (Å²) in [4.78, 5) is 4.59. The summed E-state index contributed by atoms with van der Waals surface area (Å²) in [6.45, 7) is 9.11. The maximum absolute atomic E-state index is 4.20. The maximum Gasteiger partial charge on any atom is 0.334 e. The van der Waals surface area contributed by atoms with Crippen LogP contribution in [0.5, 0.6) is 0 Å². The lowest BCUT2D eigenvalue weighted by Crippen LogP contribution is -2.70. The second-order valence-electron chi connectivity index (χ2n) is 6.34. The van der Waals surface area contributed by atoms with Crippen molar-refractivity contribution in [2.24, 2.45) is 0 Å². The number of nitrogens with zero attached hydrogens (tertiary/aromatic N) is 6. The number of aromatic nitrogens is 4. The zero-order chi connectivity index (χ0) is 16.9. The number of para-hydroxylation sites is 1. The number of rotatable bonds is 6. The van der Waals surface area contributed by atoms with E-state index in [-0.39, 0.29) is 6.98 Å². The van der Waals surface area contributed by atoms with Gasteiger partial charge in [-0.05, 0) is 30.3 Å². The van der Waals surface area contributed by atoms with Gasteiger partial charge >= 0.3 is 14.0 Å². The molecule has 0 unspecified atom stereocenters. The van der Waals surface area contributed by atoms with E-state index in [2.05, 4.69) is 85.9 Å². The molecule has 3 rings (SSSR count). The lowest BCUT2D eigenvalue weighted by Gasteiger charge is -2.49. The summed E-state index contributed by atoms with van der Waals surface area (Å²) in [5, 5.41) is 14.7. The van der Waals surface area contributed by atoms with Crippen LogP contribution >= 0.6 is 0 Å². The van der Waals surface area contributed by atoms with Crippen LogP contribution in [0.4, 0.5) is 11.6 Å². The molecule has 1 aliphatic heterocycles. The van der Waals surface area contributed by atoms with Crippen LogP contribution in [0.25, 0.3) is 0 Å². The SMILES string of the molecule is CCCCCN1B(C)N(c2ccccc2)CN(c2nn[nH]n2)B1C. The Labute approximate surface area is 144 Å². The first-order valence-corrected chi connectivity index (χ1v) is 8.80. The summed E-state index contributed by atoms with van der Waals surface area (Å²) in [7, 11) is 0. The minimum Gasteiger partial charge on any atom is -0.386 e. The third-order valence-electron chi connectivity index (χ3n) is 4.87. The molecule has 2 aromatic rings. The van der Waals surface area contributed by atoms with Crippen LogP contribution in [0.15, 0.2) is 30.3 Å². The first-order chi connectivity index (χ1) is 11.7. The first-order valence-electron chi connectivity index (χ1n) is 8.80. The Balaban J connectivity index is 1.86. The van der Waals surface area contributed by atoms with Gasteiger partial charge in [0, 0.05) is 5.69 Å². The Kier molecular flexibility index (Phi) is 5.40. The third kappa shape index (κ3) is 3.40. The first kappa shape index (κ1) is 16.8. The molecule has 2 heterocycles. The summed E-state index contributed by atoms with van der Waals surface area (Å²) < 4.78 is 2.52. The van der Waals surface area contributed by atoms with Gasteiger partial charge in [-0.2, -0.15) is 5.21 Å². The van der Waals surface area contributed by atoms with E-state index in [1.807, 2.05) is 0 Å². The highest BCUT2D eigenvalue weighted by molar-refractivity contribution is 6.77. The van der Waals surface area contributed by atoms with Crippen LogP contribution < -0.4 is 9.62 Å². The largest absolute Gasteiger partial charge is 0.386 e. The zero-order valence-corrected chi connectivity index (χ0v) is 14.8. The smallest absolute Gasteiger partial charge is 0.334 e. The van der Waals surface area contributed by atoms with Crippen LogP contribution in [0, 0.1) is 0 Å². The molecule has 0 radical (unpaired) electrons. The molecule has 0 spiro atoms. The molecule has 0 atom stereocenters. The number of benzene rings is 1. The molecule has 1 saturated heterocycles. The molecule has 1 aromatic heterocycles. The maximum atomic E-state index is 4.20. The van der Waals surface area contributed by atoms with Gasteiger partial charge in [0.05, 0.1) is 6.67 Å². The normalized spacial score (nSPS) is 16.1. The van der Waals surface area contributed by atoms with E-state index < -0.39 is 0 Å². The summed E-state index contributed by atoms with van der Waals surface area (Å²) in [5.74, 6) is 0.649. The number of aromatic amines is 1. The van der Waals surface area contributed by atoms with E-state index in [4.69, 9.17) is 0 Å². The van der Waals surface area contributed by atoms with Gasteiger partial charge in [-0.3, -0.25) is 0 Å². The Morgan fingerprint density at radius 1 is 1.08 bits per heavy atom. The fourth-order valence-electron chi connectivity index (χ4n) is 3.41. The second-order valence-corrected chi connectivity index (χ2v) is 6.34. The van der Waals surface area contributed by atoms with Crippen molar-refractivity contribution >= 4 is 25.6 Å². The highest BCUT2D eigenvalue weighted by Gasteiger charge is 2.42. The van der Waals surface area contributed by atoms with E-state index in [1.165, 1.54) is 24.9 Å². The van der Waals surface area contributed by atoms with Gasteiger partial charge in [-0.15, -0.1) is 5.10 Å². The van der Waals surface area contributed by atoms with Gasteiger partial charge in [0.15, 0.2) is 0 Å². The van der Waals surface area contributed by atoms with Crippen LogP contribution in [0.1, 0.15) is 26.2 Å². The average molecular weight is 325 g/mol. The van der Waals surface area contributed by atoms with Crippen molar-refractivity contribution in [3.8, 4) is 0 Å². The monoisotopic (exact) mass is 325 g/mol. The van der Waals surface area contributed by atoms with E-state index in [1.54, 1.807) is 0 Å². The number of hydrogen-bond acceptors (Lipinski definition) is 6. The summed E-state index contributed by atoms with van der Waals surface area (Å²) in [6.07, 6.45) is 3.69. The molecule has 7 nitrogen and oxygen atoms in total.